The molecule has 5 heteroatoms. The van der Waals surface area contributed by atoms with Gasteiger partial charge in [-0.2, -0.15) is 0 Å². The second-order valence-corrected chi connectivity index (χ2v) is 5.03. The highest BCUT2D eigenvalue weighted by Gasteiger charge is 2.29. The Morgan fingerprint density at radius 1 is 1.11 bits per heavy atom. The molecule has 2 aliphatic heterocycles. The van der Waals surface area contributed by atoms with E-state index in [1.165, 1.54) is 11.0 Å². The molecule has 1 aromatic rings. The Morgan fingerprint density at radius 3 is 2.42 bits per heavy atom. The van der Waals surface area contributed by atoms with E-state index in [1.807, 2.05) is 4.90 Å². The molecule has 1 amide bonds. The molecule has 0 saturated carbocycles. The Morgan fingerprint density at radius 2 is 1.84 bits per heavy atom. The van der Waals surface area contributed by atoms with Crippen LogP contribution in [0, 0.1) is 5.82 Å². The third kappa shape index (κ3) is 2.20. The first kappa shape index (κ1) is 12.1. The molecule has 0 radical (unpaired) electrons. The van der Waals surface area contributed by atoms with Gasteiger partial charge in [-0.15, -0.1) is 0 Å². The number of ketones is 1. The zero-order chi connectivity index (χ0) is 13.4. The van der Waals surface area contributed by atoms with Crippen LogP contribution in [0.4, 0.5) is 15.8 Å². The molecule has 0 aliphatic carbocycles. The highest BCUT2D eigenvalue weighted by molar-refractivity contribution is 6.15. The predicted molar refractivity (Wildman–Crippen MR) is 69.8 cm³/mol. The summed E-state index contributed by atoms with van der Waals surface area (Å²) in [5.74, 6) is -0.695. The molecule has 0 spiro atoms. The lowest BCUT2D eigenvalue weighted by Crippen LogP contribution is -2.25. The summed E-state index contributed by atoms with van der Waals surface area (Å²) < 4.78 is 14.1. The van der Waals surface area contributed by atoms with Crippen molar-refractivity contribution in [3.05, 3.63) is 24.0 Å². The van der Waals surface area contributed by atoms with Crippen LogP contribution in [0.5, 0.6) is 0 Å². The third-order valence-corrected chi connectivity index (χ3v) is 3.67. The van der Waals surface area contributed by atoms with E-state index in [2.05, 4.69) is 0 Å². The van der Waals surface area contributed by atoms with E-state index in [9.17, 15) is 14.0 Å². The van der Waals surface area contributed by atoms with Gasteiger partial charge >= 0.3 is 0 Å². The van der Waals surface area contributed by atoms with E-state index < -0.39 is 0 Å². The number of carbonyl (C=O) groups excluding carboxylic acids is 2. The third-order valence-electron chi connectivity index (χ3n) is 3.67. The van der Waals surface area contributed by atoms with Crippen molar-refractivity contribution in [3.8, 4) is 0 Å². The van der Waals surface area contributed by atoms with Crippen LogP contribution in [-0.2, 0) is 9.59 Å². The van der Waals surface area contributed by atoms with Gasteiger partial charge in [0.05, 0.1) is 18.7 Å². The summed E-state index contributed by atoms with van der Waals surface area (Å²) in [6, 6.07) is 4.77. The van der Waals surface area contributed by atoms with E-state index in [1.54, 1.807) is 12.1 Å². The number of hydrogen-bond donors (Lipinski definition) is 0. The van der Waals surface area contributed by atoms with E-state index in [0.29, 0.717) is 11.4 Å². The van der Waals surface area contributed by atoms with Crippen molar-refractivity contribution in [2.75, 3.05) is 29.4 Å². The molecule has 2 heterocycles. The predicted octanol–water partition coefficient (Wildman–Crippen LogP) is 1.73. The Hall–Kier alpha value is -1.91. The zero-order valence-corrected chi connectivity index (χ0v) is 10.6. The first-order chi connectivity index (χ1) is 9.15. The van der Waals surface area contributed by atoms with Crippen molar-refractivity contribution in [1.29, 1.82) is 0 Å². The molecule has 2 saturated heterocycles. The number of amides is 1. The molecule has 2 aliphatic rings. The fraction of sp³-hybridized carbons (Fsp3) is 0.429. The number of anilines is 2. The van der Waals surface area contributed by atoms with Gasteiger partial charge in [-0.3, -0.25) is 9.59 Å². The molecule has 1 aromatic carbocycles. The molecule has 0 unspecified atom stereocenters. The maximum Gasteiger partial charge on any atom is 0.234 e. The summed E-state index contributed by atoms with van der Waals surface area (Å²) in [7, 11) is 0. The van der Waals surface area contributed by atoms with Crippen molar-refractivity contribution in [2.45, 2.75) is 19.3 Å². The Labute approximate surface area is 110 Å². The minimum Gasteiger partial charge on any atom is -0.369 e. The van der Waals surface area contributed by atoms with E-state index in [4.69, 9.17) is 0 Å². The van der Waals surface area contributed by atoms with E-state index in [0.717, 1.165) is 25.9 Å². The van der Waals surface area contributed by atoms with Gasteiger partial charge in [0.1, 0.15) is 5.82 Å². The monoisotopic (exact) mass is 262 g/mol. The quantitative estimate of drug-likeness (QED) is 0.762. The van der Waals surface area contributed by atoms with Gasteiger partial charge in [0.15, 0.2) is 5.78 Å². The smallest absolute Gasteiger partial charge is 0.234 e. The van der Waals surface area contributed by atoms with Crippen LogP contribution in [0.2, 0.25) is 0 Å². The van der Waals surface area contributed by atoms with Crippen LogP contribution >= 0.6 is 0 Å². The number of rotatable bonds is 2. The summed E-state index contributed by atoms with van der Waals surface area (Å²) in [4.78, 5) is 26.2. The molecule has 2 fully saturated rings. The zero-order valence-electron chi connectivity index (χ0n) is 10.6. The SMILES string of the molecule is O=C1CC(=O)N(c2ccc(N3CCCC3)c(F)c2)C1. The largest absolute Gasteiger partial charge is 0.369 e. The van der Waals surface area contributed by atoms with Gasteiger partial charge < -0.3 is 9.80 Å². The lowest BCUT2D eigenvalue weighted by molar-refractivity contribution is -0.121. The Kier molecular flexibility index (Phi) is 2.97. The summed E-state index contributed by atoms with van der Waals surface area (Å²) in [6.45, 7) is 1.80. The molecule has 19 heavy (non-hydrogen) atoms. The van der Waals surface area contributed by atoms with Crippen LogP contribution in [0.15, 0.2) is 18.2 Å². The van der Waals surface area contributed by atoms with Crippen molar-refractivity contribution in [1.82, 2.24) is 0 Å². The first-order valence-corrected chi connectivity index (χ1v) is 6.52. The lowest BCUT2D eigenvalue weighted by atomic mass is 10.2. The summed E-state index contributed by atoms with van der Waals surface area (Å²) in [6.07, 6.45) is 2.09. The van der Waals surface area contributed by atoms with Gasteiger partial charge in [-0.25, -0.2) is 4.39 Å². The fourth-order valence-corrected chi connectivity index (χ4v) is 2.70. The van der Waals surface area contributed by atoms with Gasteiger partial charge in [0, 0.05) is 18.8 Å². The molecule has 0 N–H and O–H groups in total. The number of halogens is 1. The van der Waals surface area contributed by atoms with Crippen LogP contribution in [-0.4, -0.2) is 31.3 Å². The molecule has 0 bridgehead atoms. The minimum atomic E-state index is -0.327. The Bertz CT molecular complexity index is 538. The van der Waals surface area contributed by atoms with Crippen LogP contribution < -0.4 is 9.80 Å². The van der Waals surface area contributed by atoms with Gasteiger partial charge in [0.2, 0.25) is 5.91 Å². The average molecular weight is 262 g/mol. The van der Waals surface area contributed by atoms with Gasteiger partial charge in [-0.1, -0.05) is 0 Å². The van der Waals surface area contributed by atoms with Crippen LogP contribution in [0.1, 0.15) is 19.3 Å². The second-order valence-electron chi connectivity index (χ2n) is 5.03. The highest BCUT2D eigenvalue weighted by atomic mass is 19.1. The average Bonchev–Trinajstić information content (AvgIpc) is 2.99. The minimum absolute atomic E-state index is 0.0569. The molecule has 100 valence electrons. The topological polar surface area (TPSA) is 40.6 Å². The van der Waals surface area contributed by atoms with Gasteiger partial charge in [0.25, 0.3) is 0 Å². The first-order valence-electron chi connectivity index (χ1n) is 6.52. The van der Waals surface area contributed by atoms with Crippen LogP contribution in [0.3, 0.4) is 0 Å². The van der Waals surface area contributed by atoms with Crippen molar-refractivity contribution >= 4 is 23.1 Å². The molecule has 4 nitrogen and oxygen atoms in total. The number of benzene rings is 1. The maximum atomic E-state index is 14.1. The Balaban J connectivity index is 1.86. The lowest BCUT2D eigenvalue weighted by Gasteiger charge is -2.21. The fourth-order valence-electron chi connectivity index (χ4n) is 2.70. The number of carbonyl (C=O) groups is 2. The number of nitrogens with zero attached hydrogens (tertiary/aromatic N) is 2. The van der Waals surface area contributed by atoms with Crippen molar-refractivity contribution in [2.24, 2.45) is 0 Å². The van der Waals surface area contributed by atoms with Crippen LogP contribution in [0.25, 0.3) is 0 Å². The van der Waals surface area contributed by atoms with Crippen molar-refractivity contribution in [3.63, 3.8) is 0 Å². The second kappa shape index (κ2) is 4.64. The maximum absolute atomic E-state index is 14.1. The van der Waals surface area contributed by atoms with Gasteiger partial charge in [-0.05, 0) is 31.0 Å². The summed E-state index contributed by atoms with van der Waals surface area (Å²) in [5.41, 5.74) is 1.05. The molecular weight excluding hydrogens is 247 g/mol. The highest BCUT2D eigenvalue weighted by Crippen LogP contribution is 2.28. The standard InChI is InChI=1S/C14H15FN2O2/c15-12-7-10(17-9-11(18)8-14(17)19)3-4-13(12)16-5-1-2-6-16/h3-4,7H,1-2,5-6,8-9H2. The van der Waals surface area contributed by atoms with Crippen molar-refractivity contribution < 1.29 is 14.0 Å². The molecule has 3 rings (SSSR count). The van der Waals surface area contributed by atoms with E-state index >= 15 is 0 Å². The van der Waals surface area contributed by atoms with E-state index in [-0.39, 0.29) is 30.5 Å². The molecule has 0 aromatic heterocycles. The summed E-state index contributed by atoms with van der Waals surface area (Å²) in [5, 5.41) is 0. The summed E-state index contributed by atoms with van der Waals surface area (Å²) >= 11 is 0. The number of hydrogen-bond acceptors (Lipinski definition) is 3. The normalized spacial score (nSPS) is 19.6. The molecule has 0 atom stereocenters. The number of Topliss-reactive ketones (excluding diaryl/α,β-unsaturated/α-hetero) is 1. The molecular formula is C14H15FN2O2.